The zero-order chi connectivity index (χ0) is 13.0. The van der Waals surface area contributed by atoms with Crippen LogP contribution >= 0.6 is 15.9 Å². The van der Waals surface area contributed by atoms with Crippen LogP contribution in [0.3, 0.4) is 0 Å². The summed E-state index contributed by atoms with van der Waals surface area (Å²) >= 11 is 3.31. The summed E-state index contributed by atoms with van der Waals surface area (Å²) in [7, 11) is 0. The van der Waals surface area contributed by atoms with Crippen molar-refractivity contribution in [2.75, 3.05) is 6.54 Å². The van der Waals surface area contributed by atoms with Crippen LogP contribution in [0.5, 0.6) is 0 Å². The Bertz CT molecular complexity index is 391. The van der Waals surface area contributed by atoms with Gasteiger partial charge in [0.05, 0.1) is 6.10 Å². The van der Waals surface area contributed by atoms with Crippen LogP contribution in [0.2, 0.25) is 0 Å². The molecule has 1 aromatic carbocycles. The van der Waals surface area contributed by atoms with Gasteiger partial charge in [-0.05, 0) is 44.0 Å². The third-order valence-electron chi connectivity index (χ3n) is 3.49. The highest BCUT2D eigenvalue weighted by molar-refractivity contribution is 9.10. The molecule has 1 fully saturated rings. The summed E-state index contributed by atoms with van der Waals surface area (Å²) in [4.78, 5) is 0. The standard InChI is InChI=1S/C14H19BrFNO/c15-10-5-6-13(16)12(8-10)14(18)9-11-4-2-1-3-7-17-11/h5-6,8,11,14,17-18H,1-4,7,9H2. The SMILES string of the molecule is OC(CC1CCCCCN1)c1cc(Br)ccc1F. The van der Waals surface area contributed by atoms with Crippen LogP contribution in [-0.2, 0) is 0 Å². The summed E-state index contributed by atoms with van der Waals surface area (Å²) in [6, 6.07) is 5.00. The van der Waals surface area contributed by atoms with Crippen molar-refractivity contribution in [3.05, 3.63) is 34.1 Å². The molecule has 0 spiro atoms. The fraction of sp³-hybridized carbons (Fsp3) is 0.571. The quantitative estimate of drug-likeness (QED) is 0.894. The molecule has 0 bridgehead atoms. The average Bonchev–Trinajstić information content (AvgIpc) is 2.61. The second-order valence-corrected chi connectivity index (χ2v) is 5.83. The largest absolute Gasteiger partial charge is 0.388 e. The first-order valence-corrected chi connectivity index (χ1v) is 7.32. The van der Waals surface area contributed by atoms with Crippen molar-refractivity contribution in [1.29, 1.82) is 0 Å². The van der Waals surface area contributed by atoms with E-state index in [2.05, 4.69) is 21.2 Å². The van der Waals surface area contributed by atoms with Gasteiger partial charge in [0.25, 0.3) is 0 Å². The Morgan fingerprint density at radius 2 is 2.22 bits per heavy atom. The maximum absolute atomic E-state index is 13.7. The van der Waals surface area contributed by atoms with Gasteiger partial charge in [0.15, 0.2) is 0 Å². The number of nitrogens with one attached hydrogen (secondary N) is 1. The molecule has 0 aliphatic carbocycles. The Hall–Kier alpha value is -0.450. The number of aliphatic hydroxyl groups excluding tert-OH is 1. The molecule has 1 aliphatic heterocycles. The van der Waals surface area contributed by atoms with Gasteiger partial charge in [-0.25, -0.2) is 4.39 Å². The lowest BCUT2D eigenvalue weighted by molar-refractivity contribution is 0.146. The van der Waals surface area contributed by atoms with E-state index in [0.717, 1.165) is 17.4 Å². The maximum Gasteiger partial charge on any atom is 0.129 e. The first-order valence-electron chi connectivity index (χ1n) is 6.53. The monoisotopic (exact) mass is 315 g/mol. The molecule has 1 heterocycles. The number of rotatable bonds is 3. The summed E-state index contributed by atoms with van der Waals surface area (Å²) in [5.74, 6) is -0.334. The smallest absolute Gasteiger partial charge is 0.129 e. The van der Waals surface area contributed by atoms with Gasteiger partial charge in [-0.1, -0.05) is 28.8 Å². The van der Waals surface area contributed by atoms with E-state index in [0.29, 0.717) is 18.0 Å². The van der Waals surface area contributed by atoms with Gasteiger partial charge in [0.2, 0.25) is 0 Å². The predicted octanol–water partition coefficient (Wildman–Crippen LogP) is 3.54. The van der Waals surface area contributed by atoms with Gasteiger partial charge in [-0.3, -0.25) is 0 Å². The van der Waals surface area contributed by atoms with Gasteiger partial charge >= 0.3 is 0 Å². The number of hydrogen-bond acceptors (Lipinski definition) is 2. The Labute approximate surface area is 116 Å². The normalized spacial score (nSPS) is 22.5. The van der Waals surface area contributed by atoms with Gasteiger partial charge in [-0.2, -0.15) is 0 Å². The van der Waals surface area contributed by atoms with Crippen LogP contribution in [0, 0.1) is 5.82 Å². The van der Waals surface area contributed by atoms with Crippen molar-refractivity contribution >= 4 is 15.9 Å². The summed E-state index contributed by atoms with van der Waals surface area (Å²) in [6.45, 7) is 0.998. The molecule has 0 amide bonds. The van der Waals surface area contributed by atoms with Gasteiger partial charge < -0.3 is 10.4 Å². The molecule has 100 valence electrons. The Morgan fingerprint density at radius 1 is 1.39 bits per heavy atom. The van der Waals surface area contributed by atoms with Gasteiger partial charge in [0, 0.05) is 16.1 Å². The molecule has 0 saturated carbocycles. The lowest BCUT2D eigenvalue weighted by atomic mass is 9.99. The van der Waals surface area contributed by atoms with E-state index in [9.17, 15) is 9.50 Å². The van der Waals surface area contributed by atoms with Gasteiger partial charge in [-0.15, -0.1) is 0 Å². The van der Waals surface area contributed by atoms with E-state index in [1.54, 1.807) is 12.1 Å². The lowest BCUT2D eigenvalue weighted by Gasteiger charge is -2.20. The third kappa shape index (κ3) is 3.77. The molecule has 4 heteroatoms. The maximum atomic E-state index is 13.7. The molecule has 2 unspecified atom stereocenters. The Balaban J connectivity index is 2.01. The van der Waals surface area contributed by atoms with Crippen LogP contribution < -0.4 is 5.32 Å². The Kier molecular flexibility index (Phi) is 5.15. The minimum absolute atomic E-state index is 0.292. The molecular weight excluding hydrogens is 297 g/mol. The van der Waals surface area contributed by atoms with Crippen molar-refractivity contribution in [3.8, 4) is 0 Å². The first-order chi connectivity index (χ1) is 8.66. The molecule has 0 radical (unpaired) electrons. The first kappa shape index (κ1) is 14.0. The van der Waals surface area contributed by atoms with Crippen molar-refractivity contribution in [2.24, 2.45) is 0 Å². The van der Waals surface area contributed by atoms with Crippen molar-refractivity contribution in [2.45, 2.75) is 44.2 Å². The molecule has 18 heavy (non-hydrogen) atoms. The van der Waals surface area contributed by atoms with Crippen LogP contribution in [-0.4, -0.2) is 17.7 Å². The minimum atomic E-state index is -0.738. The number of halogens is 2. The van der Waals surface area contributed by atoms with E-state index in [-0.39, 0.29) is 5.82 Å². The highest BCUT2D eigenvalue weighted by atomic mass is 79.9. The predicted molar refractivity (Wildman–Crippen MR) is 73.9 cm³/mol. The number of aliphatic hydroxyl groups is 1. The zero-order valence-electron chi connectivity index (χ0n) is 10.3. The van der Waals surface area contributed by atoms with Crippen molar-refractivity contribution in [1.82, 2.24) is 5.32 Å². The molecule has 2 rings (SSSR count). The molecule has 2 nitrogen and oxygen atoms in total. The average molecular weight is 316 g/mol. The summed E-state index contributed by atoms with van der Waals surface area (Å²) in [5.41, 5.74) is 0.385. The fourth-order valence-electron chi connectivity index (χ4n) is 2.47. The van der Waals surface area contributed by atoms with E-state index in [4.69, 9.17) is 0 Å². The number of hydrogen-bond donors (Lipinski definition) is 2. The summed E-state index contributed by atoms with van der Waals surface area (Å²) in [5, 5.41) is 13.6. The highest BCUT2D eigenvalue weighted by Gasteiger charge is 2.19. The van der Waals surface area contributed by atoms with Crippen molar-refractivity contribution < 1.29 is 9.50 Å². The molecule has 1 saturated heterocycles. The third-order valence-corrected chi connectivity index (χ3v) is 3.98. The van der Waals surface area contributed by atoms with Crippen LogP contribution in [0.25, 0.3) is 0 Å². The highest BCUT2D eigenvalue weighted by Crippen LogP contribution is 2.26. The molecule has 1 aliphatic rings. The summed E-state index contributed by atoms with van der Waals surface area (Å²) in [6.07, 6.45) is 4.52. The molecule has 1 aromatic rings. The van der Waals surface area contributed by atoms with E-state index in [1.165, 1.54) is 25.3 Å². The molecular formula is C14H19BrFNO. The second kappa shape index (κ2) is 6.64. The number of benzene rings is 1. The fourth-order valence-corrected chi connectivity index (χ4v) is 2.85. The van der Waals surface area contributed by atoms with Crippen LogP contribution in [0.15, 0.2) is 22.7 Å². The molecule has 2 N–H and O–H groups in total. The molecule has 0 aromatic heterocycles. The van der Waals surface area contributed by atoms with Crippen LogP contribution in [0.1, 0.15) is 43.8 Å². The van der Waals surface area contributed by atoms with Crippen molar-refractivity contribution in [3.63, 3.8) is 0 Å². The van der Waals surface area contributed by atoms with Gasteiger partial charge in [0.1, 0.15) is 5.82 Å². The second-order valence-electron chi connectivity index (χ2n) is 4.92. The minimum Gasteiger partial charge on any atom is -0.388 e. The molecule has 2 atom stereocenters. The Morgan fingerprint density at radius 3 is 3.06 bits per heavy atom. The van der Waals surface area contributed by atoms with Crippen LogP contribution in [0.4, 0.5) is 4.39 Å². The zero-order valence-corrected chi connectivity index (χ0v) is 11.9. The van der Waals surface area contributed by atoms with E-state index in [1.807, 2.05) is 0 Å². The summed E-state index contributed by atoms with van der Waals surface area (Å²) < 4.78 is 14.5. The van der Waals surface area contributed by atoms with E-state index < -0.39 is 6.10 Å². The van der Waals surface area contributed by atoms with E-state index >= 15 is 0 Å². The topological polar surface area (TPSA) is 32.3 Å². The lowest BCUT2D eigenvalue weighted by Crippen LogP contribution is -2.30.